The van der Waals surface area contributed by atoms with Crippen LogP contribution >= 0.6 is 15.9 Å². The molecule has 0 atom stereocenters. The number of carbonyl (C=O) groups is 1. The lowest BCUT2D eigenvalue weighted by atomic mass is 9.99. The Morgan fingerprint density at radius 3 is 2.15 bits per heavy atom. The molecule has 0 saturated carbocycles. The Labute approximate surface area is 162 Å². The summed E-state index contributed by atoms with van der Waals surface area (Å²) < 4.78 is 6.24. The van der Waals surface area contributed by atoms with E-state index < -0.39 is 0 Å². The number of hydrogen-bond donors (Lipinski definition) is 0. The van der Waals surface area contributed by atoms with Crippen LogP contribution < -0.4 is 9.64 Å². The van der Waals surface area contributed by atoms with Crippen LogP contribution in [0.3, 0.4) is 0 Å². The van der Waals surface area contributed by atoms with Crippen molar-refractivity contribution in [2.45, 2.75) is 13.5 Å². The number of hydrogen-bond acceptors (Lipinski definition) is 2. The molecule has 26 heavy (non-hydrogen) atoms. The van der Waals surface area contributed by atoms with Crippen molar-refractivity contribution < 1.29 is 9.53 Å². The van der Waals surface area contributed by atoms with Crippen LogP contribution in [0.5, 0.6) is 5.75 Å². The van der Waals surface area contributed by atoms with Crippen LogP contribution in [0.2, 0.25) is 0 Å². The fraction of sp³-hybridized carbons (Fsp3) is 0.136. The largest absolute Gasteiger partial charge is 0.497 e. The van der Waals surface area contributed by atoms with Crippen molar-refractivity contribution in [3.63, 3.8) is 0 Å². The summed E-state index contributed by atoms with van der Waals surface area (Å²) >= 11 is 3.63. The van der Waals surface area contributed by atoms with Crippen LogP contribution in [0, 0.1) is 0 Å². The standard InChI is InChI=1S/C22H20BrNO2/c1-16(25)24(18-11-13-19(26-2)14-12-18)15-17-7-3-4-8-20(17)21-9-5-6-10-22(21)23/h3-14H,15H2,1-2H3. The second kappa shape index (κ2) is 8.19. The molecule has 3 nitrogen and oxygen atoms in total. The summed E-state index contributed by atoms with van der Waals surface area (Å²) in [5.74, 6) is 0.767. The van der Waals surface area contributed by atoms with Crippen LogP contribution in [0.25, 0.3) is 11.1 Å². The van der Waals surface area contributed by atoms with Gasteiger partial charge in [-0.25, -0.2) is 0 Å². The van der Waals surface area contributed by atoms with Gasteiger partial charge in [0.25, 0.3) is 0 Å². The first kappa shape index (κ1) is 18.2. The summed E-state index contributed by atoms with van der Waals surface area (Å²) in [6.45, 7) is 2.09. The van der Waals surface area contributed by atoms with E-state index in [1.54, 1.807) is 18.9 Å². The van der Waals surface area contributed by atoms with Crippen molar-refractivity contribution in [2.24, 2.45) is 0 Å². The van der Waals surface area contributed by atoms with Gasteiger partial charge in [0.2, 0.25) is 5.91 Å². The van der Waals surface area contributed by atoms with E-state index in [0.29, 0.717) is 6.54 Å². The zero-order valence-electron chi connectivity index (χ0n) is 14.8. The normalized spacial score (nSPS) is 10.4. The van der Waals surface area contributed by atoms with E-state index >= 15 is 0 Å². The minimum Gasteiger partial charge on any atom is -0.497 e. The van der Waals surface area contributed by atoms with E-state index in [-0.39, 0.29) is 5.91 Å². The Bertz CT molecular complexity index is 906. The molecule has 0 unspecified atom stereocenters. The Kier molecular flexibility index (Phi) is 5.74. The predicted octanol–water partition coefficient (Wildman–Crippen LogP) is 5.68. The molecule has 0 fully saturated rings. The molecule has 0 aliphatic carbocycles. The summed E-state index contributed by atoms with van der Waals surface area (Å²) in [7, 11) is 1.63. The number of carbonyl (C=O) groups excluding carboxylic acids is 1. The van der Waals surface area contributed by atoms with Crippen molar-refractivity contribution in [3.05, 3.63) is 82.8 Å². The first-order chi connectivity index (χ1) is 12.6. The Morgan fingerprint density at radius 1 is 0.923 bits per heavy atom. The SMILES string of the molecule is COc1ccc(N(Cc2ccccc2-c2ccccc2Br)C(C)=O)cc1. The van der Waals surface area contributed by atoms with Crippen molar-refractivity contribution >= 4 is 27.5 Å². The molecule has 132 valence electrons. The zero-order valence-corrected chi connectivity index (χ0v) is 16.4. The van der Waals surface area contributed by atoms with Crippen LogP contribution in [-0.4, -0.2) is 13.0 Å². The van der Waals surface area contributed by atoms with Crippen molar-refractivity contribution in [2.75, 3.05) is 12.0 Å². The first-order valence-corrected chi connectivity index (χ1v) is 9.14. The molecular weight excluding hydrogens is 390 g/mol. The molecular formula is C22H20BrNO2. The smallest absolute Gasteiger partial charge is 0.224 e. The van der Waals surface area contributed by atoms with Gasteiger partial charge in [0.1, 0.15) is 5.75 Å². The number of benzene rings is 3. The molecule has 3 rings (SSSR count). The highest BCUT2D eigenvalue weighted by atomic mass is 79.9. The second-order valence-corrected chi connectivity index (χ2v) is 6.79. The van der Waals surface area contributed by atoms with Crippen LogP contribution in [0.4, 0.5) is 5.69 Å². The minimum atomic E-state index is -0.00269. The number of methoxy groups -OCH3 is 1. The Hall–Kier alpha value is -2.59. The molecule has 3 aromatic rings. The number of halogens is 1. The topological polar surface area (TPSA) is 29.5 Å². The summed E-state index contributed by atoms with van der Waals surface area (Å²) in [4.78, 5) is 14.1. The van der Waals surface area contributed by atoms with Gasteiger partial charge in [-0.05, 0) is 47.0 Å². The van der Waals surface area contributed by atoms with Crippen molar-refractivity contribution in [3.8, 4) is 16.9 Å². The third kappa shape index (κ3) is 3.97. The molecule has 0 aliphatic heterocycles. The van der Waals surface area contributed by atoms with Crippen molar-refractivity contribution in [1.29, 1.82) is 0 Å². The fourth-order valence-electron chi connectivity index (χ4n) is 2.92. The summed E-state index contributed by atoms with van der Waals surface area (Å²) in [6, 6.07) is 23.8. The maximum absolute atomic E-state index is 12.3. The van der Waals surface area contributed by atoms with Gasteiger partial charge in [-0.2, -0.15) is 0 Å². The molecule has 0 spiro atoms. The number of rotatable bonds is 5. The Balaban J connectivity index is 1.98. The van der Waals surface area contributed by atoms with Gasteiger partial charge in [-0.1, -0.05) is 58.4 Å². The van der Waals surface area contributed by atoms with E-state index in [1.807, 2.05) is 54.6 Å². The van der Waals surface area contributed by atoms with E-state index in [2.05, 4.69) is 34.1 Å². The molecule has 3 aromatic carbocycles. The van der Waals surface area contributed by atoms with E-state index in [9.17, 15) is 4.79 Å². The maximum Gasteiger partial charge on any atom is 0.224 e. The molecule has 0 bridgehead atoms. The van der Waals surface area contributed by atoms with Gasteiger partial charge in [-0.15, -0.1) is 0 Å². The summed E-state index contributed by atoms with van der Waals surface area (Å²) in [5.41, 5.74) is 4.16. The first-order valence-electron chi connectivity index (χ1n) is 8.35. The summed E-state index contributed by atoms with van der Waals surface area (Å²) in [6.07, 6.45) is 0. The lowest BCUT2D eigenvalue weighted by Gasteiger charge is -2.23. The molecule has 0 aliphatic rings. The average Bonchev–Trinajstić information content (AvgIpc) is 2.67. The molecule has 0 radical (unpaired) electrons. The third-order valence-corrected chi connectivity index (χ3v) is 4.97. The number of ether oxygens (including phenoxy) is 1. The number of nitrogens with zero attached hydrogens (tertiary/aromatic N) is 1. The van der Waals surface area contributed by atoms with Crippen LogP contribution in [0.15, 0.2) is 77.3 Å². The quantitative estimate of drug-likeness (QED) is 0.542. The van der Waals surface area contributed by atoms with Gasteiger partial charge < -0.3 is 9.64 Å². The van der Waals surface area contributed by atoms with Gasteiger partial charge in [-0.3, -0.25) is 4.79 Å². The predicted molar refractivity (Wildman–Crippen MR) is 109 cm³/mol. The minimum absolute atomic E-state index is 0.00269. The molecule has 0 saturated heterocycles. The third-order valence-electron chi connectivity index (χ3n) is 4.27. The van der Waals surface area contributed by atoms with Crippen LogP contribution in [0.1, 0.15) is 12.5 Å². The monoisotopic (exact) mass is 409 g/mol. The van der Waals surface area contributed by atoms with Crippen molar-refractivity contribution in [1.82, 2.24) is 0 Å². The van der Waals surface area contributed by atoms with E-state index in [1.165, 1.54) is 0 Å². The molecule has 0 heterocycles. The average molecular weight is 410 g/mol. The van der Waals surface area contributed by atoms with E-state index in [0.717, 1.165) is 32.6 Å². The highest BCUT2D eigenvalue weighted by Gasteiger charge is 2.15. The van der Waals surface area contributed by atoms with Gasteiger partial charge >= 0.3 is 0 Å². The maximum atomic E-state index is 12.3. The molecule has 4 heteroatoms. The molecule has 0 aromatic heterocycles. The molecule has 1 amide bonds. The number of amides is 1. The fourth-order valence-corrected chi connectivity index (χ4v) is 3.42. The van der Waals surface area contributed by atoms with E-state index in [4.69, 9.17) is 4.74 Å². The van der Waals surface area contributed by atoms with Gasteiger partial charge in [0.15, 0.2) is 0 Å². The van der Waals surface area contributed by atoms with Gasteiger partial charge in [0.05, 0.1) is 13.7 Å². The highest BCUT2D eigenvalue weighted by Crippen LogP contribution is 2.32. The summed E-state index contributed by atoms with van der Waals surface area (Å²) in [5, 5.41) is 0. The lowest BCUT2D eigenvalue weighted by molar-refractivity contribution is -0.116. The zero-order chi connectivity index (χ0) is 18.5. The lowest BCUT2D eigenvalue weighted by Crippen LogP contribution is -2.28. The van der Waals surface area contributed by atoms with Crippen LogP contribution in [-0.2, 0) is 11.3 Å². The highest BCUT2D eigenvalue weighted by molar-refractivity contribution is 9.10. The number of anilines is 1. The van der Waals surface area contributed by atoms with Gasteiger partial charge in [0, 0.05) is 17.1 Å². The second-order valence-electron chi connectivity index (χ2n) is 5.94. The Morgan fingerprint density at radius 2 is 1.54 bits per heavy atom. The molecule has 0 N–H and O–H groups in total.